The predicted octanol–water partition coefficient (Wildman–Crippen LogP) is 5.09. The van der Waals surface area contributed by atoms with Crippen LogP contribution in [0.5, 0.6) is 5.75 Å². The van der Waals surface area contributed by atoms with E-state index in [2.05, 4.69) is 20.1 Å². The number of nitrogens with one attached hydrogen (secondary N) is 2. The van der Waals surface area contributed by atoms with Gasteiger partial charge in [0.1, 0.15) is 11.4 Å². The lowest BCUT2D eigenvalue weighted by molar-refractivity contribution is -0.274. The number of methoxy groups -OCH3 is 1. The van der Waals surface area contributed by atoms with E-state index in [1.54, 1.807) is 34.7 Å². The summed E-state index contributed by atoms with van der Waals surface area (Å²) in [5, 5.41) is 7.82. The fourth-order valence-corrected chi connectivity index (χ4v) is 4.51. The summed E-state index contributed by atoms with van der Waals surface area (Å²) in [7, 11) is 1.71. The molecule has 1 saturated heterocycles. The third-order valence-electron chi connectivity index (χ3n) is 6.75. The van der Waals surface area contributed by atoms with Crippen molar-refractivity contribution in [1.29, 1.82) is 0 Å². The molecule has 0 aliphatic carbocycles. The van der Waals surface area contributed by atoms with Crippen LogP contribution < -0.4 is 15.6 Å². The topological polar surface area (TPSA) is 118 Å². The van der Waals surface area contributed by atoms with Gasteiger partial charge in [0, 0.05) is 37.7 Å². The van der Waals surface area contributed by atoms with Crippen LogP contribution in [-0.4, -0.2) is 64.0 Å². The molecule has 0 atom stereocenters. The molecule has 5 rings (SSSR count). The SMILES string of the molecule is COC(C)(C)C.O=CN1CCC(c2cc(=O)[nH]c3c4c(NC(=O)c5cccc(OC(F)(F)F)c5)cccc4nn23)CC1. The number of rotatable bonds is 5. The quantitative estimate of drug-likeness (QED) is 0.314. The number of amides is 2. The number of aromatic amines is 1. The van der Waals surface area contributed by atoms with E-state index in [0.29, 0.717) is 53.9 Å². The number of hydrogen-bond acceptors (Lipinski definition) is 6. The summed E-state index contributed by atoms with van der Waals surface area (Å²) in [4.78, 5) is 41.0. The number of halogens is 3. The average molecular weight is 588 g/mol. The molecule has 0 saturated carbocycles. The second kappa shape index (κ2) is 12.2. The van der Waals surface area contributed by atoms with Gasteiger partial charge in [-0.25, -0.2) is 4.52 Å². The first-order valence-corrected chi connectivity index (χ1v) is 13.2. The zero-order valence-electron chi connectivity index (χ0n) is 23.6. The van der Waals surface area contributed by atoms with Crippen LogP contribution in [0.2, 0.25) is 0 Å². The van der Waals surface area contributed by atoms with E-state index >= 15 is 0 Å². The van der Waals surface area contributed by atoms with Crippen LogP contribution in [0.4, 0.5) is 18.9 Å². The number of carbonyl (C=O) groups is 2. The number of carbonyl (C=O) groups excluding carboxylic acids is 2. The number of ether oxygens (including phenoxy) is 2. The van der Waals surface area contributed by atoms with Crippen LogP contribution in [0.15, 0.2) is 53.3 Å². The summed E-state index contributed by atoms with van der Waals surface area (Å²) in [5.74, 6) is -1.16. The summed E-state index contributed by atoms with van der Waals surface area (Å²) in [6, 6.07) is 11.2. The molecule has 224 valence electrons. The maximum absolute atomic E-state index is 12.9. The summed E-state index contributed by atoms with van der Waals surface area (Å²) in [6.45, 7) is 7.20. The first-order chi connectivity index (χ1) is 19.8. The van der Waals surface area contributed by atoms with Gasteiger partial charge in [-0.3, -0.25) is 14.4 Å². The van der Waals surface area contributed by atoms with E-state index in [4.69, 9.17) is 4.74 Å². The number of piperidine rings is 1. The molecule has 42 heavy (non-hydrogen) atoms. The van der Waals surface area contributed by atoms with Gasteiger partial charge in [-0.2, -0.15) is 5.10 Å². The molecule has 2 aromatic carbocycles. The number of aromatic nitrogens is 3. The van der Waals surface area contributed by atoms with E-state index in [0.717, 1.165) is 18.5 Å². The number of fused-ring (bicyclic) bond motifs is 3. The molecule has 0 spiro atoms. The van der Waals surface area contributed by atoms with Gasteiger partial charge in [0.2, 0.25) is 6.41 Å². The van der Waals surface area contributed by atoms with Crippen LogP contribution in [0.25, 0.3) is 16.6 Å². The van der Waals surface area contributed by atoms with Crippen LogP contribution in [0, 0.1) is 0 Å². The largest absolute Gasteiger partial charge is 0.573 e. The number of hydrogen-bond donors (Lipinski definition) is 2. The van der Waals surface area contributed by atoms with E-state index < -0.39 is 18.0 Å². The fraction of sp³-hybridized carbons (Fsp3) is 0.379. The molecule has 1 aliphatic heterocycles. The van der Waals surface area contributed by atoms with Crippen molar-refractivity contribution < 1.29 is 32.2 Å². The van der Waals surface area contributed by atoms with Crippen molar-refractivity contribution in [3.8, 4) is 5.75 Å². The third kappa shape index (κ3) is 7.46. The Morgan fingerprint density at radius 3 is 2.38 bits per heavy atom. The number of anilines is 1. The van der Waals surface area contributed by atoms with Crippen LogP contribution in [-0.2, 0) is 9.53 Å². The maximum Gasteiger partial charge on any atom is 0.573 e. The highest BCUT2D eigenvalue weighted by molar-refractivity contribution is 6.12. The minimum Gasteiger partial charge on any atom is -0.406 e. The minimum atomic E-state index is -4.88. The van der Waals surface area contributed by atoms with Crippen molar-refractivity contribution in [3.63, 3.8) is 0 Å². The Morgan fingerprint density at radius 2 is 1.76 bits per heavy atom. The Kier molecular flexibility index (Phi) is 8.90. The first kappa shape index (κ1) is 30.6. The Labute approximate surface area is 239 Å². The van der Waals surface area contributed by atoms with Gasteiger partial charge in [-0.05, 0) is 63.9 Å². The summed E-state index contributed by atoms with van der Waals surface area (Å²) in [5.41, 5.74) is 1.59. The molecule has 13 heteroatoms. The number of H-pyrrole nitrogens is 1. The van der Waals surface area contributed by atoms with E-state index in [9.17, 15) is 27.6 Å². The number of benzene rings is 2. The van der Waals surface area contributed by atoms with Crippen molar-refractivity contribution in [2.45, 2.75) is 51.5 Å². The fourth-order valence-electron chi connectivity index (χ4n) is 4.51. The van der Waals surface area contributed by atoms with Crippen molar-refractivity contribution in [3.05, 3.63) is 70.1 Å². The average Bonchev–Trinajstić information content (AvgIpc) is 3.31. The lowest BCUT2D eigenvalue weighted by Gasteiger charge is -2.29. The lowest BCUT2D eigenvalue weighted by Crippen LogP contribution is -2.32. The Bertz CT molecular complexity index is 1630. The van der Waals surface area contributed by atoms with Gasteiger partial charge < -0.3 is 24.7 Å². The normalized spacial score (nSPS) is 14.4. The molecule has 1 fully saturated rings. The molecule has 3 heterocycles. The Balaban J connectivity index is 0.000000612. The maximum atomic E-state index is 12.9. The zero-order chi connectivity index (χ0) is 30.7. The molecule has 10 nitrogen and oxygen atoms in total. The van der Waals surface area contributed by atoms with Crippen molar-refractivity contribution >= 4 is 34.6 Å². The highest BCUT2D eigenvalue weighted by Crippen LogP contribution is 2.32. The van der Waals surface area contributed by atoms with Gasteiger partial charge >= 0.3 is 6.36 Å². The molecule has 0 bridgehead atoms. The Hall–Kier alpha value is -4.39. The van der Waals surface area contributed by atoms with Crippen LogP contribution in [0.1, 0.15) is 55.6 Å². The van der Waals surface area contributed by atoms with Gasteiger partial charge in [0.05, 0.1) is 27.9 Å². The van der Waals surface area contributed by atoms with Crippen molar-refractivity contribution in [2.24, 2.45) is 0 Å². The standard InChI is InChI=1S/C24H20F3N5O4.C5H12O/c25-24(26,27)36-16-4-1-3-15(11-16)23(35)28-17-5-2-6-18-21(17)22-29-20(34)12-19(32(22)30-18)14-7-9-31(13-33)10-8-14;1-5(2,3)6-4/h1-6,11-14H,7-10H2,(H,28,35)(H,29,34);1-4H3. The van der Waals surface area contributed by atoms with E-state index in [1.165, 1.54) is 18.2 Å². The number of nitrogens with zero attached hydrogens (tertiary/aromatic N) is 3. The van der Waals surface area contributed by atoms with Crippen LogP contribution in [0.3, 0.4) is 0 Å². The molecule has 2 aromatic heterocycles. The molecule has 2 amide bonds. The van der Waals surface area contributed by atoms with Crippen molar-refractivity contribution in [2.75, 3.05) is 25.5 Å². The highest BCUT2D eigenvalue weighted by atomic mass is 19.4. The molecule has 0 radical (unpaired) electrons. The Morgan fingerprint density at radius 1 is 1.10 bits per heavy atom. The molecule has 0 unspecified atom stereocenters. The molecule has 4 aromatic rings. The zero-order valence-corrected chi connectivity index (χ0v) is 23.6. The first-order valence-electron chi connectivity index (χ1n) is 13.2. The monoisotopic (exact) mass is 587 g/mol. The van der Waals surface area contributed by atoms with Gasteiger partial charge in [0.15, 0.2) is 0 Å². The number of likely N-dealkylation sites (tertiary alicyclic amines) is 1. The van der Waals surface area contributed by atoms with Crippen LogP contribution >= 0.6 is 0 Å². The van der Waals surface area contributed by atoms with Crippen molar-refractivity contribution in [1.82, 2.24) is 19.5 Å². The predicted molar refractivity (Wildman–Crippen MR) is 151 cm³/mol. The molecular formula is C29H32F3N5O5. The highest BCUT2D eigenvalue weighted by Gasteiger charge is 2.31. The van der Waals surface area contributed by atoms with Gasteiger partial charge in [-0.15, -0.1) is 13.2 Å². The summed E-state index contributed by atoms with van der Waals surface area (Å²) in [6.07, 6.45) is -2.72. The van der Waals surface area contributed by atoms with E-state index in [-0.39, 0.29) is 22.6 Å². The molecule has 1 aliphatic rings. The van der Waals surface area contributed by atoms with E-state index in [1.807, 2.05) is 20.8 Å². The lowest BCUT2D eigenvalue weighted by atomic mass is 9.93. The third-order valence-corrected chi connectivity index (χ3v) is 6.75. The minimum absolute atomic E-state index is 0.00901. The number of alkyl halides is 3. The van der Waals surface area contributed by atoms with Gasteiger partial charge in [-0.1, -0.05) is 12.1 Å². The summed E-state index contributed by atoms with van der Waals surface area (Å²) >= 11 is 0. The summed E-state index contributed by atoms with van der Waals surface area (Å²) < 4.78 is 48.2. The second-order valence-corrected chi connectivity index (χ2v) is 10.8. The van der Waals surface area contributed by atoms with Gasteiger partial charge in [0.25, 0.3) is 11.5 Å². The molecule has 2 N–H and O–H groups in total. The second-order valence-electron chi connectivity index (χ2n) is 10.8. The molecular weight excluding hydrogens is 555 g/mol. The smallest absolute Gasteiger partial charge is 0.406 e.